The fraction of sp³-hybridized carbons (Fsp3) is 0.583. The molecule has 1 aromatic heterocycles. The van der Waals surface area contributed by atoms with Gasteiger partial charge in [-0.25, -0.2) is 4.39 Å². The van der Waals surface area contributed by atoms with Gasteiger partial charge in [0, 0.05) is 12.7 Å². The molecule has 2 rings (SSSR count). The fourth-order valence-electron chi connectivity index (χ4n) is 2.22. The molecule has 1 saturated heterocycles. The second-order valence-corrected chi connectivity index (χ2v) is 4.60. The summed E-state index contributed by atoms with van der Waals surface area (Å²) in [6.45, 7) is 1.23. The number of hydrogen-bond donors (Lipinski definition) is 0. The molecule has 0 aromatic carbocycles. The lowest BCUT2D eigenvalue weighted by molar-refractivity contribution is -0.185. The summed E-state index contributed by atoms with van der Waals surface area (Å²) in [5.74, 6) is -1.61. The Bertz CT molecular complexity index is 397. The monoisotopic (exact) mass is 262 g/mol. The maximum atomic E-state index is 12.9. The van der Waals surface area contributed by atoms with Crippen molar-refractivity contribution in [2.24, 2.45) is 5.92 Å². The Morgan fingerprint density at radius 1 is 1.22 bits per heavy atom. The van der Waals surface area contributed by atoms with E-state index < -0.39 is 17.9 Å². The molecule has 2 heterocycles. The fourth-order valence-corrected chi connectivity index (χ4v) is 2.22. The van der Waals surface area contributed by atoms with Crippen LogP contribution in [-0.2, 0) is 6.54 Å². The summed E-state index contributed by atoms with van der Waals surface area (Å²) in [6, 6.07) is 1.36. The predicted octanol–water partition coefficient (Wildman–Crippen LogP) is 3.00. The van der Waals surface area contributed by atoms with Crippen LogP contribution in [0.4, 0.5) is 17.6 Å². The van der Waals surface area contributed by atoms with E-state index in [1.165, 1.54) is 6.07 Å². The van der Waals surface area contributed by atoms with Crippen LogP contribution in [0.2, 0.25) is 0 Å². The van der Waals surface area contributed by atoms with Crippen LogP contribution in [0.5, 0.6) is 0 Å². The molecule has 1 aliphatic heterocycles. The van der Waals surface area contributed by atoms with Gasteiger partial charge >= 0.3 is 6.18 Å². The minimum Gasteiger partial charge on any atom is -0.299 e. The number of likely N-dealkylation sites (tertiary alicyclic amines) is 1. The average Bonchev–Trinajstić information content (AvgIpc) is 2.28. The molecule has 0 bridgehead atoms. The highest BCUT2D eigenvalue weighted by atomic mass is 19.4. The number of pyridine rings is 1. The molecule has 0 atom stereocenters. The van der Waals surface area contributed by atoms with Crippen LogP contribution in [0.1, 0.15) is 18.4 Å². The van der Waals surface area contributed by atoms with E-state index in [1.54, 1.807) is 6.20 Å². The lowest BCUT2D eigenvalue weighted by Crippen LogP contribution is -2.38. The SMILES string of the molecule is Fc1cncc(CN2CCC(C(F)(F)F)CC2)c1. The molecular formula is C12H14F4N2. The molecule has 0 radical (unpaired) electrons. The molecule has 0 saturated carbocycles. The standard InChI is InChI=1S/C12H14F4N2/c13-11-5-9(6-17-7-11)8-18-3-1-10(2-4-18)12(14,15)16/h5-7,10H,1-4,8H2. The van der Waals surface area contributed by atoms with Gasteiger partial charge in [-0.3, -0.25) is 9.88 Å². The Kier molecular flexibility index (Phi) is 3.85. The number of rotatable bonds is 2. The summed E-state index contributed by atoms with van der Waals surface area (Å²) >= 11 is 0. The van der Waals surface area contributed by atoms with E-state index in [1.807, 2.05) is 4.90 Å². The van der Waals surface area contributed by atoms with Gasteiger partial charge in [0.25, 0.3) is 0 Å². The Labute approximate surface area is 103 Å². The highest BCUT2D eigenvalue weighted by Gasteiger charge is 2.40. The van der Waals surface area contributed by atoms with Crippen molar-refractivity contribution in [3.8, 4) is 0 Å². The normalized spacial score (nSPS) is 19.1. The average molecular weight is 262 g/mol. The molecular weight excluding hydrogens is 248 g/mol. The molecule has 1 aromatic rings. The highest BCUT2D eigenvalue weighted by Crippen LogP contribution is 2.34. The Hall–Kier alpha value is -1.17. The maximum absolute atomic E-state index is 12.9. The van der Waals surface area contributed by atoms with Crippen LogP contribution in [-0.4, -0.2) is 29.1 Å². The van der Waals surface area contributed by atoms with E-state index in [-0.39, 0.29) is 12.8 Å². The van der Waals surface area contributed by atoms with Crippen LogP contribution >= 0.6 is 0 Å². The Balaban J connectivity index is 1.87. The lowest BCUT2D eigenvalue weighted by atomic mass is 9.96. The first kappa shape index (κ1) is 13.3. The van der Waals surface area contributed by atoms with Gasteiger partial charge in [0.1, 0.15) is 5.82 Å². The van der Waals surface area contributed by atoms with Crippen molar-refractivity contribution < 1.29 is 17.6 Å². The van der Waals surface area contributed by atoms with Gasteiger partial charge in [0.15, 0.2) is 0 Å². The van der Waals surface area contributed by atoms with Gasteiger partial charge in [0.05, 0.1) is 12.1 Å². The summed E-state index contributed by atoms with van der Waals surface area (Å²) in [6.07, 6.45) is -1.21. The number of nitrogens with zero attached hydrogens (tertiary/aromatic N) is 2. The zero-order valence-corrected chi connectivity index (χ0v) is 9.75. The summed E-state index contributed by atoms with van der Waals surface area (Å²) in [7, 11) is 0. The minimum atomic E-state index is -4.09. The molecule has 0 N–H and O–H groups in total. The van der Waals surface area contributed by atoms with Crippen LogP contribution in [0.25, 0.3) is 0 Å². The van der Waals surface area contributed by atoms with Crippen molar-refractivity contribution in [2.45, 2.75) is 25.6 Å². The summed E-state index contributed by atoms with van der Waals surface area (Å²) < 4.78 is 50.3. The number of piperidine rings is 1. The van der Waals surface area contributed by atoms with Crippen molar-refractivity contribution in [2.75, 3.05) is 13.1 Å². The van der Waals surface area contributed by atoms with Crippen molar-refractivity contribution in [1.82, 2.24) is 9.88 Å². The molecule has 1 aliphatic rings. The van der Waals surface area contributed by atoms with Crippen molar-refractivity contribution in [3.05, 3.63) is 29.8 Å². The molecule has 0 spiro atoms. The Morgan fingerprint density at radius 3 is 2.44 bits per heavy atom. The van der Waals surface area contributed by atoms with Gasteiger partial charge in [-0.2, -0.15) is 13.2 Å². The van der Waals surface area contributed by atoms with Gasteiger partial charge in [0.2, 0.25) is 0 Å². The Morgan fingerprint density at radius 2 is 1.89 bits per heavy atom. The summed E-state index contributed by atoms with van der Waals surface area (Å²) in [5, 5.41) is 0. The lowest BCUT2D eigenvalue weighted by Gasteiger charge is -2.32. The molecule has 1 fully saturated rings. The first-order valence-corrected chi connectivity index (χ1v) is 5.83. The van der Waals surface area contributed by atoms with Crippen molar-refractivity contribution in [1.29, 1.82) is 0 Å². The van der Waals surface area contributed by atoms with Crippen LogP contribution in [0.3, 0.4) is 0 Å². The number of halogens is 4. The van der Waals surface area contributed by atoms with E-state index in [0.29, 0.717) is 25.2 Å². The number of aromatic nitrogens is 1. The summed E-state index contributed by atoms with van der Waals surface area (Å²) in [4.78, 5) is 5.62. The van der Waals surface area contributed by atoms with Crippen LogP contribution in [0.15, 0.2) is 18.5 Å². The number of alkyl halides is 3. The van der Waals surface area contributed by atoms with E-state index in [9.17, 15) is 17.6 Å². The molecule has 6 heteroatoms. The maximum Gasteiger partial charge on any atom is 0.391 e. The van der Waals surface area contributed by atoms with Gasteiger partial charge in [-0.05, 0) is 37.6 Å². The second-order valence-electron chi connectivity index (χ2n) is 4.60. The topological polar surface area (TPSA) is 16.1 Å². The van der Waals surface area contributed by atoms with Crippen molar-refractivity contribution >= 4 is 0 Å². The zero-order chi connectivity index (χ0) is 13.2. The quantitative estimate of drug-likeness (QED) is 0.762. The summed E-state index contributed by atoms with van der Waals surface area (Å²) in [5.41, 5.74) is 0.695. The second kappa shape index (κ2) is 5.22. The first-order valence-electron chi connectivity index (χ1n) is 5.83. The number of hydrogen-bond acceptors (Lipinski definition) is 2. The third-order valence-corrected chi connectivity index (χ3v) is 3.22. The third kappa shape index (κ3) is 3.41. The molecule has 2 nitrogen and oxygen atoms in total. The van der Waals surface area contributed by atoms with Gasteiger partial charge in [-0.1, -0.05) is 0 Å². The predicted molar refractivity (Wildman–Crippen MR) is 58.3 cm³/mol. The molecule has 0 amide bonds. The zero-order valence-electron chi connectivity index (χ0n) is 9.75. The molecule has 18 heavy (non-hydrogen) atoms. The van der Waals surface area contributed by atoms with Gasteiger partial charge in [-0.15, -0.1) is 0 Å². The minimum absolute atomic E-state index is 0.117. The highest BCUT2D eigenvalue weighted by molar-refractivity contribution is 5.10. The van der Waals surface area contributed by atoms with E-state index in [4.69, 9.17) is 0 Å². The van der Waals surface area contributed by atoms with E-state index in [2.05, 4.69) is 4.98 Å². The molecule has 0 unspecified atom stereocenters. The molecule has 100 valence electrons. The first-order chi connectivity index (χ1) is 8.45. The van der Waals surface area contributed by atoms with Crippen LogP contribution in [0, 0.1) is 11.7 Å². The largest absolute Gasteiger partial charge is 0.391 e. The van der Waals surface area contributed by atoms with Crippen molar-refractivity contribution in [3.63, 3.8) is 0 Å². The third-order valence-electron chi connectivity index (χ3n) is 3.22. The van der Waals surface area contributed by atoms with E-state index in [0.717, 1.165) is 6.20 Å². The smallest absolute Gasteiger partial charge is 0.299 e. The molecule has 0 aliphatic carbocycles. The van der Waals surface area contributed by atoms with Gasteiger partial charge < -0.3 is 0 Å². The van der Waals surface area contributed by atoms with E-state index >= 15 is 0 Å². The van der Waals surface area contributed by atoms with Crippen LogP contribution < -0.4 is 0 Å².